The summed E-state index contributed by atoms with van der Waals surface area (Å²) < 4.78 is 16.6. The Morgan fingerprint density at radius 3 is 2.55 bits per heavy atom. The Kier molecular flexibility index (Phi) is 3.54. The zero-order valence-corrected chi connectivity index (χ0v) is 11.6. The fourth-order valence-electron chi connectivity index (χ4n) is 2.86. The van der Waals surface area contributed by atoms with Crippen molar-refractivity contribution in [3.05, 3.63) is 23.2 Å². The van der Waals surface area contributed by atoms with Gasteiger partial charge in [-0.25, -0.2) is 4.79 Å². The third kappa shape index (κ3) is 2.59. The number of furan rings is 1. The summed E-state index contributed by atoms with van der Waals surface area (Å²) in [5.41, 5.74) is 0.937. The van der Waals surface area contributed by atoms with E-state index < -0.39 is 5.97 Å². The maximum Gasteiger partial charge on any atom is 0.371 e. The molecular weight excluding hydrogens is 262 g/mol. The largest absolute Gasteiger partial charge is 0.475 e. The van der Waals surface area contributed by atoms with Gasteiger partial charge in [-0.05, 0) is 13.0 Å². The maximum absolute atomic E-state index is 10.9. The first-order valence-corrected chi connectivity index (χ1v) is 6.91. The fraction of sp³-hybridized carbons (Fsp3) is 0.643. The number of carboxylic acids is 1. The molecule has 0 aromatic carbocycles. The molecule has 1 aromatic heterocycles. The minimum absolute atomic E-state index is 0.00781. The van der Waals surface area contributed by atoms with Crippen LogP contribution in [-0.2, 0) is 16.0 Å². The molecule has 1 N–H and O–H groups in total. The van der Waals surface area contributed by atoms with Crippen molar-refractivity contribution >= 4 is 5.97 Å². The Balaban J connectivity index is 1.60. The van der Waals surface area contributed by atoms with E-state index in [-0.39, 0.29) is 11.5 Å². The number of ether oxygens (including phenoxy) is 2. The zero-order chi connectivity index (χ0) is 14.2. The maximum atomic E-state index is 10.9. The average molecular weight is 281 g/mol. The van der Waals surface area contributed by atoms with Crippen LogP contribution in [0.1, 0.15) is 34.7 Å². The number of aryl methyl sites for hydroxylation is 1. The summed E-state index contributed by atoms with van der Waals surface area (Å²) in [5.74, 6) is -0.706. The van der Waals surface area contributed by atoms with E-state index in [0.29, 0.717) is 25.5 Å². The van der Waals surface area contributed by atoms with Gasteiger partial charge in [-0.3, -0.25) is 4.90 Å². The Hall–Kier alpha value is -1.37. The Morgan fingerprint density at radius 1 is 1.35 bits per heavy atom. The highest BCUT2D eigenvalue weighted by atomic mass is 16.7. The predicted molar refractivity (Wildman–Crippen MR) is 69.6 cm³/mol. The van der Waals surface area contributed by atoms with E-state index >= 15 is 0 Å². The van der Waals surface area contributed by atoms with Gasteiger partial charge in [0.2, 0.25) is 5.76 Å². The molecular formula is C14H19NO5. The van der Waals surface area contributed by atoms with E-state index in [9.17, 15) is 4.79 Å². The summed E-state index contributed by atoms with van der Waals surface area (Å²) in [6, 6.07) is 1.62. The van der Waals surface area contributed by atoms with E-state index in [1.54, 1.807) is 13.0 Å². The molecule has 6 nitrogen and oxygen atoms in total. The number of carbonyl (C=O) groups is 1. The van der Waals surface area contributed by atoms with E-state index in [0.717, 1.165) is 31.5 Å². The number of aromatic carboxylic acids is 1. The minimum atomic E-state index is -1.02. The molecule has 2 aliphatic heterocycles. The number of likely N-dealkylation sites (tertiary alicyclic amines) is 1. The standard InChI is InChI=1S/C14H19NO5/c1-10-11(8-12(20-10)13(16)17)9-15-4-2-14(3-5-15)18-6-7-19-14/h8H,2-7,9H2,1H3,(H,16,17). The van der Waals surface area contributed by atoms with Crippen LogP contribution in [0.4, 0.5) is 0 Å². The molecule has 20 heavy (non-hydrogen) atoms. The van der Waals surface area contributed by atoms with Crippen LogP contribution in [0, 0.1) is 6.92 Å². The summed E-state index contributed by atoms with van der Waals surface area (Å²) in [7, 11) is 0. The van der Waals surface area contributed by atoms with Gasteiger partial charge in [0.25, 0.3) is 0 Å². The van der Waals surface area contributed by atoms with Crippen LogP contribution in [0.15, 0.2) is 10.5 Å². The molecule has 0 saturated carbocycles. The molecule has 3 rings (SSSR count). The smallest absolute Gasteiger partial charge is 0.371 e. The molecule has 1 spiro atoms. The van der Waals surface area contributed by atoms with Gasteiger partial charge in [0, 0.05) is 38.0 Å². The normalized spacial score (nSPS) is 22.4. The first kappa shape index (κ1) is 13.6. The average Bonchev–Trinajstić information content (AvgIpc) is 3.01. The molecule has 2 aliphatic rings. The SMILES string of the molecule is Cc1oc(C(=O)O)cc1CN1CCC2(CC1)OCCO2. The molecule has 0 aliphatic carbocycles. The molecule has 0 bridgehead atoms. The highest BCUT2D eigenvalue weighted by Gasteiger charge is 2.39. The molecule has 110 valence electrons. The monoisotopic (exact) mass is 281 g/mol. The van der Waals surface area contributed by atoms with Gasteiger partial charge in [-0.2, -0.15) is 0 Å². The van der Waals surface area contributed by atoms with Crippen molar-refractivity contribution in [3.8, 4) is 0 Å². The van der Waals surface area contributed by atoms with Crippen molar-refractivity contribution in [2.75, 3.05) is 26.3 Å². The van der Waals surface area contributed by atoms with Gasteiger partial charge < -0.3 is 19.0 Å². The first-order valence-electron chi connectivity index (χ1n) is 6.91. The fourth-order valence-corrected chi connectivity index (χ4v) is 2.86. The molecule has 0 atom stereocenters. The molecule has 2 saturated heterocycles. The molecule has 1 aromatic rings. The van der Waals surface area contributed by atoms with Crippen molar-refractivity contribution < 1.29 is 23.8 Å². The van der Waals surface area contributed by atoms with Crippen LogP contribution in [-0.4, -0.2) is 48.1 Å². The second-order valence-corrected chi connectivity index (χ2v) is 5.38. The summed E-state index contributed by atoms with van der Waals surface area (Å²) in [6.07, 6.45) is 1.71. The van der Waals surface area contributed by atoms with Gasteiger partial charge in [-0.1, -0.05) is 0 Å². The van der Waals surface area contributed by atoms with Gasteiger partial charge in [-0.15, -0.1) is 0 Å². The summed E-state index contributed by atoms with van der Waals surface area (Å²) in [6.45, 7) is 5.64. The van der Waals surface area contributed by atoms with Crippen LogP contribution in [0.5, 0.6) is 0 Å². The first-order chi connectivity index (χ1) is 9.58. The lowest BCUT2D eigenvalue weighted by atomic mass is 10.0. The van der Waals surface area contributed by atoms with Crippen LogP contribution >= 0.6 is 0 Å². The third-order valence-corrected chi connectivity index (χ3v) is 4.06. The molecule has 2 fully saturated rings. The second kappa shape index (κ2) is 5.20. The van der Waals surface area contributed by atoms with Gasteiger partial charge in [0.15, 0.2) is 5.79 Å². The second-order valence-electron chi connectivity index (χ2n) is 5.38. The molecule has 0 radical (unpaired) electrons. The minimum Gasteiger partial charge on any atom is -0.475 e. The van der Waals surface area contributed by atoms with E-state index in [2.05, 4.69) is 4.90 Å². The van der Waals surface area contributed by atoms with Crippen molar-refractivity contribution in [2.45, 2.75) is 32.1 Å². The molecule has 0 unspecified atom stereocenters. The van der Waals surface area contributed by atoms with Crippen molar-refractivity contribution in [1.82, 2.24) is 4.90 Å². The quantitative estimate of drug-likeness (QED) is 0.907. The third-order valence-electron chi connectivity index (χ3n) is 4.06. The summed E-state index contributed by atoms with van der Waals surface area (Å²) in [4.78, 5) is 13.2. The Bertz CT molecular complexity index is 494. The Labute approximate surface area is 117 Å². The van der Waals surface area contributed by atoms with E-state index in [4.69, 9.17) is 19.0 Å². The van der Waals surface area contributed by atoms with Gasteiger partial charge in [0.05, 0.1) is 13.2 Å². The van der Waals surface area contributed by atoms with Crippen molar-refractivity contribution in [3.63, 3.8) is 0 Å². The van der Waals surface area contributed by atoms with Crippen LogP contribution in [0.25, 0.3) is 0 Å². The highest BCUT2D eigenvalue weighted by molar-refractivity contribution is 5.84. The van der Waals surface area contributed by atoms with E-state index in [1.807, 2.05) is 0 Å². The zero-order valence-electron chi connectivity index (χ0n) is 11.6. The molecule has 0 amide bonds. The summed E-state index contributed by atoms with van der Waals surface area (Å²) >= 11 is 0. The van der Waals surface area contributed by atoms with Crippen LogP contribution in [0.3, 0.4) is 0 Å². The van der Waals surface area contributed by atoms with Crippen LogP contribution < -0.4 is 0 Å². The Morgan fingerprint density at radius 2 is 2.00 bits per heavy atom. The lowest BCUT2D eigenvalue weighted by Gasteiger charge is -2.37. The highest BCUT2D eigenvalue weighted by Crippen LogP contribution is 2.32. The predicted octanol–water partition coefficient (Wildman–Crippen LogP) is 1.63. The number of rotatable bonds is 3. The van der Waals surface area contributed by atoms with Gasteiger partial charge in [0.1, 0.15) is 5.76 Å². The number of piperidine rings is 1. The lowest BCUT2D eigenvalue weighted by molar-refractivity contribution is -0.185. The summed E-state index contributed by atoms with van der Waals surface area (Å²) in [5, 5.41) is 8.93. The van der Waals surface area contributed by atoms with Gasteiger partial charge >= 0.3 is 5.97 Å². The molecule has 3 heterocycles. The van der Waals surface area contributed by atoms with E-state index in [1.165, 1.54) is 0 Å². The number of nitrogens with zero attached hydrogens (tertiary/aromatic N) is 1. The van der Waals surface area contributed by atoms with Crippen LogP contribution in [0.2, 0.25) is 0 Å². The number of carboxylic acid groups (broad SMARTS) is 1. The lowest BCUT2D eigenvalue weighted by Crippen LogP contribution is -2.44. The number of hydrogen-bond acceptors (Lipinski definition) is 5. The van der Waals surface area contributed by atoms with Crippen molar-refractivity contribution in [2.24, 2.45) is 0 Å². The topological polar surface area (TPSA) is 72.1 Å². The number of hydrogen-bond donors (Lipinski definition) is 1. The molecule has 6 heteroatoms. The van der Waals surface area contributed by atoms with Crippen molar-refractivity contribution in [1.29, 1.82) is 0 Å².